The summed E-state index contributed by atoms with van der Waals surface area (Å²) < 4.78 is 12.5. The molecular formula is C19H25ClINO3. The Morgan fingerprint density at radius 2 is 1.88 bits per heavy atom. The highest BCUT2D eigenvalue weighted by Gasteiger charge is 2.13. The second-order valence-electron chi connectivity index (χ2n) is 5.55. The molecule has 0 aliphatic carbocycles. The van der Waals surface area contributed by atoms with E-state index in [9.17, 15) is 5.11 Å². The quantitative estimate of drug-likeness (QED) is 0.533. The molecule has 1 unspecified atom stereocenters. The van der Waals surface area contributed by atoms with E-state index in [1.807, 2.05) is 36.4 Å². The summed E-state index contributed by atoms with van der Waals surface area (Å²) in [5, 5.41) is 12.6. The zero-order chi connectivity index (χ0) is 17.4. The molecular weight excluding hydrogens is 453 g/mol. The van der Waals surface area contributed by atoms with Crippen LogP contribution in [0.2, 0.25) is 0 Å². The molecule has 2 rings (SSSR count). The van der Waals surface area contributed by atoms with Crippen molar-refractivity contribution < 1.29 is 14.6 Å². The van der Waals surface area contributed by atoms with Gasteiger partial charge in [0.15, 0.2) is 11.5 Å². The Morgan fingerprint density at radius 1 is 1.16 bits per heavy atom. The number of hydrogen-bond acceptors (Lipinski definition) is 4. The SMILES string of the molecule is CCC(CO)NCc1cc(I)c(OCc2ccccc2)c(OC)c1.Cl. The summed E-state index contributed by atoms with van der Waals surface area (Å²) in [5.74, 6) is 1.49. The zero-order valence-corrected chi connectivity index (χ0v) is 17.5. The van der Waals surface area contributed by atoms with Crippen LogP contribution < -0.4 is 14.8 Å². The first-order valence-corrected chi connectivity index (χ1v) is 9.13. The number of benzene rings is 2. The zero-order valence-electron chi connectivity index (χ0n) is 14.5. The van der Waals surface area contributed by atoms with E-state index in [2.05, 4.69) is 40.9 Å². The maximum absolute atomic E-state index is 9.27. The van der Waals surface area contributed by atoms with E-state index in [-0.39, 0.29) is 25.1 Å². The van der Waals surface area contributed by atoms with Crippen LogP contribution in [-0.2, 0) is 13.2 Å². The van der Waals surface area contributed by atoms with Gasteiger partial charge in [0.1, 0.15) is 6.61 Å². The number of ether oxygens (including phenoxy) is 2. The highest BCUT2D eigenvalue weighted by atomic mass is 127. The van der Waals surface area contributed by atoms with E-state index < -0.39 is 0 Å². The van der Waals surface area contributed by atoms with Crippen molar-refractivity contribution in [3.8, 4) is 11.5 Å². The van der Waals surface area contributed by atoms with E-state index in [0.29, 0.717) is 13.2 Å². The van der Waals surface area contributed by atoms with Gasteiger partial charge in [0, 0.05) is 12.6 Å². The fourth-order valence-electron chi connectivity index (χ4n) is 2.35. The average Bonchev–Trinajstić information content (AvgIpc) is 2.62. The van der Waals surface area contributed by atoms with Crippen molar-refractivity contribution in [1.29, 1.82) is 0 Å². The molecule has 0 fully saturated rings. The molecule has 138 valence electrons. The fourth-order valence-corrected chi connectivity index (χ4v) is 3.17. The lowest BCUT2D eigenvalue weighted by molar-refractivity contribution is 0.238. The van der Waals surface area contributed by atoms with E-state index in [0.717, 1.165) is 32.6 Å². The van der Waals surface area contributed by atoms with Crippen LogP contribution in [0.25, 0.3) is 0 Å². The Balaban J connectivity index is 0.00000312. The molecule has 0 saturated heterocycles. The Labute approximate surface area is 169 Å². The van der Waals surface area contributed by atoms with Crippen LogP contribution in [0, 0.1) is 3.57 Å². The van der Waals surface area contributed by atoms with Crippen LogP contribution in [0.4, 0.5) is 0 Å². The molecule has 0 radical (unpaired) electrons. The number of rotatable bonds is 9. The van der Waals surface area contributed by atoms with Crippen molar-refractivity contribution in [2.75, 3.05) is 13.7 Å². The summed E-state index contributed by atoms with van der Waals surface area (Å²) in [5.41, 5.74) is 2.23. The molecule has 4 nitrogen and oxygen atoms in total. The smallest absolute Gasteiger partial charge is 0.174 e. The molecule has 0 aliphatic rings. The molecule has 0 heterocycles. The van der Waals surface area contributed by atoms with Gasteiger partial charge >= 0.3 is 0 Å². The molecule has 2 aromatic rings. The minimum atomic E-state index is 0. The normalized spacial score (nSPS) is 11.5. The van der Waals surface area contributed by atoms with Crippen molar-refractivity contribution in [1.82, 2.24) is 5.32 Å². The third-order valence-corrected chi connectivity index (χ3v) is 4.62. The number of halogens is 2. The van der Waals surface area contributed by atoms with Crippen molar-refractivity contribution >= 4 is 35.0 Å². The van der Waals surface area contributed by atoms with Crippen LogP contribution in [0.3, 0.4) is 0 Å². The lowest BCUT2D eigenvalue weighted by Crippen LogP contribution is -2.31. The predicted molar refractivity (Wildman–Crippen MR) is 112 cm³/mol. The minimum absolute atomic E-state index is 0. The molecule has 1 atom stereocenters. The number of aliphatic hydroxyl groups is 1. The van der Waals surface area contributed by atoms with E-state index in [4.69, 9.17) is 9.47 Å². The van der Waals surface area contributed by atoms with Gasteiger partial charge in [-0.1, -0.05) is 37.3 Å². The van der Waals surface area contributed by atoms with Gasteiger partial charge in [-0.25, -0.2) is 0 Å². The van der Waals surface area contributed by atoms with E-state index in [1.54, 1.807) is 7.11 Å². The maximum atomic E-state index is 9.27. The van der Waals surface area contributed by atoms with Gasteiger partial charge in [0.25, 0.3) is 0 Å². The summed E-state index contributed by atoms with van der Waals surface area (Å²) in [6, 6.07) is 14.3. The van der Waals surface area contributed by atoms with Crippen LogP contribution in [0.5, 0.6) is 11.5 Å². The minimum Gasteiger partial charge on any atom is -0.493 e. The molecule has 2 aromatic carbocycles. The largest absolute Gasteiger partial charge is 0.493 e. The summed E-state index contributed by atoms with van der Waals surface area (Å²) in [4.78, 5) is 0. The molecule has 0 aliphatic heterocycles. The highest BCUT2D eigenvalue weighted by Crippen LogP contribution is 2.34. The van der Waals surface area contributed by atoms with Gasteiger partial charge in [-0.05, 0) is 52.3 Å². The van der Waals surface area contributed by atoms with Crippen molar-refractivity contribution in [2.45, 2.75) is 32.5 Å². The lowest BCUT2D eigenvalue weighted by atomic mass is 10.1. The second kappa shape index (κ2) is 11.6. The van der Waals surface area contributed by atoms with E-state index in [1.165, 1.54) is 0 Å². The summed E-state index contributed by atoms with van der Waals surface area (Å²) in [7, 11) is 1.65. The number of methoxy groups -OCH3 is 1. The average molecular weight is 478 g/mol. The Morgan fingerprint density at radius 3 is 2.48 bits per heavy atom. The van der Waals surface area contributed by atoms with Gasteiger partial charge in [-0.2, -0.15) is 0 Å². The summed E-state index contributed by atoms with van der Waals surface area (Å²) in [6.45, 7) is 3.39. The molecule has 2 N–H and O–H groups in total. The van der Waals surface area contributed by atoms with E-state index >= 15 is 0 Å². The first kappa shape index (κ1) is 22.0. The first-order chi connectivity index (χ1) is 11.7. The van der Waals surface area contributed by atoms with Gasteiger partial charge < -0.3 is 19.9 Å². The standard InChI is InChI=1S/C19H24INO3.ClH/c1-3-16(12-22)21-11-15-9-17(20)19(18(10-15)23-2)24-13-14-7-5-4-6-8-14;/h4-10,16,21-22H,3,11-13H2,1-2H3;1H. The van der Waals surface area contributed by atoms with Gasteiger partial charge in [-0.3, -0.25) is 0 Å². The molecule has 6 heteroatoms. The molecule has 0 saturated carbocycles. The van der Waals surface area contributed by atoms with Gasteiger partial charge in [-0.15, -0.1) is 12.4 Å². The topological polar surface area (TPSA) is 50.7 Å². The van der Waals surface area contributed by atoms with Crippen LogP contribution in [0.15, 0.2) is 42.5 Å². The molecule has 0 aromatic heterocycles. The van der Waals surface area contributed by atoms with Crippen molar-refractivity contribution in [3.05, 3.63) is 57.2 Å². The molecule has 25 heavy (non-hydrogen) atoms. The molecule has 0 bridgehead atoms. The Bertz CT molecular complexity index is 636. The molecule has 0 amide bonds. The lowest BCUT2D eigenvalue weighted by Gasteiger charge is -2.17. The highest BCUT2D eigenvalue weighted by molar-refractivity contribution is 14.1. The maximum Gasteiger partial charge on any atom is 0.174 e. The predicted octanol–water partition coefficient (Wildman–Crippen LogP) is 4.16. The second-order valence-corrected chi connectivity index (χ2v) is 6.71. The third kappa shape index (κ3) is 6.66. The van der Waals surface area contributed by atoms with Crippen molar-refractivity contribution in [3.63, 3.8) is 0 Å². The number of nitrogens with one attached hydrogen (secondary N) is 1. The van der Waals surface area contributed by atoms with Crippen LogP contribution in [0.1, 0.15) is 24.5 Å². The fraction of sp³-hybridized carbons (Fsp3) is 0.368. The van der Waals surface area contributed by atoms with Crippen LogP contribution >= 0.6 is 35.0 Å². The van der Waals surface area contributed by atoms with Gasteiger partial charge in [0.05, 0.1) is 17.3 Å². The summed E-state index contributed by atoms with van der Waals surface area (Å²) in [6.07, 6.45) is 0.892. The Kier molecular flexibility index (Phi) is 10.2. The first-order valence-electron chi connectivity index (χ1n) is 8.05. The van der Waals surface area contributed by atoms with Crippen LogP contribution in [-0.4, -0.2) is 24.9 Å². The van der Waals surface area contributed by atoms with Gasteiger partial charge in [0.2, 0.25) is 0 Å². The molecule has 0 spiro atoms. The Hall–Kier alpha value is -1.02. The third-order valence-electron chi connectivity index (χ3n) is 3.82. The summed E-state index contributed by atoms with van der Waals surface area (Å²) >= 11 is 2.27. The number of aliphatic hydroxyl groups excluding tert-OH is 1. The number of hydrogen-bond donors (Lipinski definition) is 2. The van der Waals surface area contributed by atoms with Crippen molar-refractivity contribution in [2.24, 2.45) is 0 Å². The monoisotopic (exact) mass is 477 g/mol.